The molecule has 4 aromatic rings. The summed E-state index contributed by atoms with van der Waals surface area (Å²) < 4.78 is 49.3. The Labute approximate surface area is 276 Å². The van der Waals surface area contributed by atoms with Gasteiger partial charge in [0.15, 0.2) is 5.16 Å². The number of aromatic nitrogens is 2. The number of hydrogen-bond donors (Lipinski definition) is 2. The lowest BCUT2D eigenvalue weighted by molar-refractivity contribution is 0.0278. The van der Waals surface area contributed by atoms with E-state index in [0.717, 1.165) is 11.3 Å². The van der Waals surface area contributed by atoms with Crippen molar-refractivity contribution in [2.24, 2.45) is 0 Å². The summed E-state index contributed by atoms with van der Waals surface area (Å²) in [5.74, 6) is 0.110. The highest BCUT2D eigenvalue weighted by Crippen LogP contribution is 2.39. The highest BCUT2D eigenvalue weighted by molar-refractivity contribution is 7.99. The zero-order valence-corrected chi connectivity index (χ0v) is 28.3. The van der Waals surface area contributed by atoms with Gasteiger partial charge in [-0.05, 0) is 67.9 Å². The van der Waals surface area contributed by atoms with Crippen LogP contribution in [0.1, 0.15) is 39.0 Å². The number of halogens is 3. The van der Waals surface area contributed by atoms with Gasteiger partial charge in [-0.2, -0.15) is 0 Å². The number of carbonyl (C=O) groups is 1. The van der Waals surface area contributed by atoms with Gasteiger partial charge in [-0.1, -0.05) is 61.5 Å². The van der Waals surface area contributed by atoms with E-state index in [-0.39, 0.29) is 10.6 Å². The van der Waals surface area contributed by atoms with Crippen molar-refractivity contribution < 1.29 is 27.4 Å². The van der Waals surface area contributed by atoms with Crippen molar-refractivity contribution in [2.45, 2.75) is 54.8 Å². The fraction of sp³-hybridized carbons (Fsp3) is 0.290. The number of thioether (sulfide) groups is 1. The van der Waals surface area contributed by atoms with Crippen LogP contribution in [0.25, 0.3) is 5.69 Å². The minimum absolute atomic E-state index is 0.0125. The van der Waals surface area contributed by atoms with E-state index < -0.39 is 38.9 Å². The van der Waals surface area contributed by atoms with Gasteiger partial charge in [0.25, 0.3) is 10.0 Å². The van der Waals surface area contributed by atoms with Gasteiger partial charge in [0.2, 0.25) is 0 Å². The van der Waals surface area contributed by atoms with E-state index in [1.807, 2.05) is 35.3 Å². The number of nitrogens with one attached hydrogen (secondary N) is 1. The molecule has 4 rings (SSSR count). The van der Waals surface area contributed by atoms with Gasteiger partial charge < -0.3 is 9.84 Å². The van der Waals surface area contributed by atoms with E-state index in [1.54, 1.807) is 30.5 Å². The number of rotatable bonds is 11. The highest BCUT2D eigenvalue weighted by atomic mass is 35.5. The summed E-state index contributed by atoms with van der Waals surface area (Å²) in [6, 6.07) is 16.5. The minimum atomic E-state index is -4.22. The number of hydrogen-bond acceptors (Lipinski definition) is 7. The summed E-state index contributed by atoms with van der Waals surface area (Å²) in [6.45, 7) is 6.92. The third-order valence-electron chi connectivity index (χ3n) is 7.26. The number of aliphatic hydroxyl groups is 1. The molecule has 0 fully saturated rings. The normalized spacial score (nSPS) is 12.9. The molecule has 1 atom stereocenters. The summed E-state index contributed by atoms with van der Waals surface area (Å²) in [5, 5.41) is 11.9. The lowest BCUT2D eigenvalue weighted by Gasteiger charge is -2.34. The molecule has 1 heterocycles. The zero-order chi connectivity index (χ0) is 33.2. The summed E-state index contributed by atoms with van der Waals surface area (Å²) in [5.41, 5.74) is 0.0292. The van der Waals surface area contributed by atoms with E-state index >= 15 is 0 Å². The average Bonchev–Trinajstić information content (AvgIpc) is 3.42. The molecule has 240 valence electrons. The number of sulfonamides is 1. The van der Waals surface area contributed by atoms with Crippen LogP contribution < -0.4 is 9.46 Å². The van der Waals surface area contributed by atoms with Crippen molar-refractivity contribution in [2.75, 3.05) is 12.9 Å². The van der Waals surface area contributed by atoms with Gasteiger partial charge in [-0.3, -0.25) is 4.57 Å². The van der Waals surface area contributed by atoms with Crippen molar-refractivity contribution in [3.05, 3.63) is 101 Å². The van der Waals surface area contributed by atoms with Gasteiger partial charge in [-0.25, -0.2) is 31.7 Å². The van der Waals surface area contributed by atoms with Crippen LogP contribution in [-0.4, -0.2) is 58.0 Å². The number of nitrogens with zero attached hydrogens (tertiary/aromatic N) is 3. The summed E-state index contributed by atoms with van der Waals surface area (Å²) >= 11 is 13.9. The van der Waals surface area contributed by atoms with E-state index in [2.05, 4.69) is 4.98 Å². The van der Waals surface area contributed by atoms with Gasteiger partial charge >= 0.3 is 6.03 Å². The Morgan fingerprint density at radius 1 is 1.11 bits per heavy atom. The molecule has 9 nitrogen and oxygen atoms in total. The second-order valence-corrected chi connectivity index (χ2v) is 14.7. The number of urea groups is 1. The second-order valence-electron chi connectivity index (χ2n) is 11.2. The smallest absolute Gasteiger partial charge is 0.346 e. The first kappa shape index (κ1) is 34.6. The second kappa shape index (κ2) is 13.6. The molecule has 2 N–H and O–H groups in total. The van der Waals surface area contributed by atoms with Gasteiger partial charge in [-0.15, -0.1) is 0 Å². The molecule has 0 saturated heterocycles. The number of methoxy groups -OCH3 is 1. The molecule has 2 amide bonds. The van der Waals surface area contributed by atoms with Crippen LogP contribution in [0.5, 0.6) is 5.75 Å². The Kier molecular flexibility index (Phi) is 10.4. The first-order chi connectivity index (χ1) is 21.1. The molecule has 0 aliphatic heterocycles. The van der Waals surface area contributed by atoms with Crippen LogP contribution in [0.4, 0.5) is 9.18 Å². The Balaban J connectivity index is 1.68. The third kappa shape index (κ3) is 7.75. The molecule has 3 aromatic carbocycles. The molecular weight excluding hydrogens is 662 g/mol. The Morgan fingerprint density at radius 2 is 1.76 bits per heavy atom. The molecule has 1 unspecified atom stereocenters. The number of benzene rings is 3. The van der Waals surface area contributed by atoms with Crippen molar-refractivity contribution in [3.8, 4) is 11.4 Å². The number of amides is 2. The average molecular weight is 696 g/mol. The Morgan fingerprint density at radius 3 is 2.36 bits per heavy atom. The monoisotopic (exact) mass is 694 g/mol. The Hall–Kier alpha value is -3.29. The van der Waals surface area contributed by atoms with Crippen molar-refractivity contribution in [1.29, 1.82) is 0 Å². The third-order valence-corrected chi connectivity index (χ3v) is 10.3. The number of imidazole rings is 1. The molecule has 0 spiro atoms. The zero-order valence-electron chi connectivity index (χ0n) is 25.2. The van der Waals surface area contributed by atoms with Crippen LogP contribution in [-0.2, 0) is 15.4 Å². The first-order valence-corrected chi connectivity index (χ1v) is 16.8. The van der Waals surface area contributed by atoms with Crippen LogP contribution in [0, 0.1) is 5.82 Å². The van der Waals surface area contributed by atoms with Crippen molar-refractivity contribution in [3.63, 3.8) is 0 Å². The lowest BCUT2D eigenvalue weighted by Crippen LogP contribution is -2.52. The van der Waals surface area contributed by atoms with Crippen LogP contribution in [0.3, 0.4) is 0 Å². The topological polar surface area (TPSA) is 114 Å². The van der Waals surface area contributed by atoms with Gasteiger partial charge in [0, 0.05) is 28.6 Å². The summed E-state index contributed by atoms with van der Waals surface area (Å²) in [7, 11) is -2.69. The molecule has 0 aliphatic carbocycles. The molecule has 45 heavy (non-hydrogen) atoms. The van der Waals surface area contributed by atoms with Crippen LogP contribution in [0.2, 0.25) is 5.02 Å². The Bertz CT molecular complexity index is 1760. The van der Waals surface area contributed by atoms with E-state index in [1.165, 1.54) is 69.1 Å². The molecule has 0 radical (unpaired) electrons. The molecule has 0 bridgehead atoms. The predicted molar refractivity (Wildman–Crippen MR) is 174 cm³/mol. The quantitative estimate of drug-likeness (QED) is 0.131. The SMILES string of the molecule is COc1cc(C(C)(C)c2cnc(SCC(N(Cl)C(=O)NS(=O)(=O)c3ccccc3)C(C)(C)O)n2-c2ccc(F)cc2)ccc1Cl. The summed E-state index contributed by atoms with van der Waals surface area (Å²) in [4.78, 5) is 17.6. The fourth-order valence-corrected chi connectivity index (χ4v) is 7.53. The van der Waals surface area contributed by atoms with E-state index in [4.69, 9.17) is 28.1 Å². The van der Waals surface area contributed by atoms with Crippen molar-refractivity contribution in [1.82, 2.24) is 18.7 Å². The van der Waals surface area contributed by atoms with Crippen molar-refractivity contribution >= 4 is 51.2 Å². The highest BCUT2D eigenvalue weighted by Gasteiger charge is 2.37. The number of carbonyl (C=O) groups excluding carboxylic acids is 1. The number of ether oxygens (including phenoxy) is 1. The predicted octanol–water partition coefficient (Wildman–Crippen LogP) is 6.79. The molecule has 14 heteroatoms. The standard InChI is InChI=1S/C31H33Cl2FN4O5S2/c1-30(2,20-11-16-24(32)25(17-20)43-5)26-18-35-29(37(26)22-14-12-21(34)13-15-22)44-19-27(31(3,4)40)38(33)28(39)36-45(41,42)23-9-7-6-8-10-23/h6-18,27,40H,19H2,1-5H3,(H,36,39). The van der Waals surface area contributed by atoms with E-state index in [0.29, 0.717) is 26.0 Å². The fourth-order valence-electron chi connectivity index (χ4n) is 4.57. The molecule has 0 saturated carbocycles. The van der Waals surface area contributed by atoms with Gasteiger partial charge in [0.1, 0.15) is 11.6 Å². The maximum absolute atomic E-state index is 13.9. The van der Waals surface area contributed by atoms with Crippen LogP contribution in [0.15, 0.2) is 89.0 Å². The van der Waals surface area contributed by atoms with E-state index in [9.17, 15) is 22.7 Å². The largest absolute Gasteiger partial charge is 0.495 e. The molecule has 0 aliphatic rings. The first-order valence-electron chi connectivity index (χ1n) is 13.7. The molecular formula is C31H33Cl2FN4O5S2. The minimum Gasteiger partial charge on any atom is -0.495 e. The maximum atomic E-state index is 13.9. The van der Waals surface area contributed by atoms with Crippen LogP contribution >= 0.6 is 35.1 Å². The van der Waals surface area contributed by atoms with Gasteiger partial charge in [0.05, 0.1) is 40.6 Å². The maximum Gasteiger partial charge on any atom is 0.346 e. The lowest BCUT2D eigenvalue weighted by atomic mass is 9.81. The molecule has 1 aromatic heterocycles. The summed E-state index contributed by atoms with van der Waals surface area (Å²) in [6.07, 6.45) is 1.70.